The van der Waals surface area contributed by atoms with Crippen LogP contribution in [-0.4, -0.2) is 34.6 Å². The van der Waals surface area contributed by atoms with E-state index in [-0.39, 0.29) is 6.04 Å². The van der Waals surface area contributed by atoms with Crippen molar-refractivity contribution in [2.75, 3.05) is 25.0 Å². The molecule has 106 valence electrons. The fourth-order valence-electron chi connectivity index (χ4n) is 2.49. The monoisotopic (exact) mass is 283 g/mol. The van der Waals surface area contributed by atoms with E-state index in [0.29, 0.717) is 10.8 Å². The van der Waals surface area contributed by atoms with Gasteiger partial charge in [0.1, 0.15) is 4.90 Å². The number of hydrogen-bond acceptors (Lipinski definition) is 4. The van der Waals surface area contributed by atoms with Crippen molar-refractivity contribution in [1.82, 2.24) is 4.72 Å². The molecular weight excluding hydrogens is 262 g/mol. The zero-order valence-electron chi connectivity index (χ0n) is 11.3. The summed E-state index contributed by atoms with van der Waals surface area (Å²) in [6, 6.07) is 7.24. The summed E-state index contributed by atoms with van der Waals surface area (Å²) in [5.41, 5.74) is 6.69. The Labute approximate surface area is 114 Å². The van der Waals surface area contributed by atoms with E-state index < -0.39 is 10.0 Å². The first kappa shape index (κ1) is 14.3. The molecule has 2 atom stereocenters. The molecule has 6 heteroatoms. The van der Waals surface area contributed by atoms with Crippen LogP contribution < -0.4 is 15.4 Å². The van der Waals surface area contributed by atoms with Gasteiger partial charge in [0.25, 0.3) is 0 Å². The Morgan fingerprint density at radius 2 is 2.11 bits per heavy atom. The Hall–Kier alpha value is -1.11. The molecule has 1 aromatic rings. The van der Waals surface area contributed by atoms with Crippen molar-refractivity contribution in [3.05, 3.63) is 24.3 Å². The van der Waals surface area contributed by atoms with Crippen LogP contribution in [0.3, 0.4) is 0 Å². The summed E-state index contributed by atoms with van der Waals surface area (Å²) in [5, 5.41) is 0. The number of anilines is 1. The standard InChI is InChI=1S/C13H21N3O2S/c1-10(14)11-7-8-16(9-11)12-5-3-4-6-13(12)19(17,18)15-2/h3-6,10-11,15H,7-9,14H2,1-2H3. The minimum Gasteiger partial charge on any atom is -0.370 e. The predicted octanol–water partition coefficient (Wildman–Crippen LogP) is 0.768. The number of nitrogens with two attached hydrogens (primary N) is 1. The van der Waals surface area contributed by atoms with Crippen LogP contribution in [0.4, 0.5) is 5.69 Å². The molecule has 0 bridgehead atoms. The quantitative estimate of drug-likeness (QED) is 0.856. The van der Waals surface area contributed by atoms with Crippen LogP contribution in [0.25, 0.3) is 0 Å². The molecule has 1 aliphatic rings. The van der Waals surface area contributed by atoms with Crippen molar-refractivity contribution in [2.45, 2.75) is 24.3 Å². The number of benzene rings is 1. The molecule has 0 radical (unpaired) electrons. The molecule has 1 aliphatic heterocycles. The van der Waals surface area contributed by atoms with E-state index in [9.17, 15) is 8.42 Å². The lowest BCUT2D eigenvalue weighted by Gasteiger charge is -2.22. The maximum absolute atomic E-state index is 12.0. The molecule has 1 fully saturated rings. The minimum atomic E-state index is -3.43. The first-order chi connectivity index (χ1) is 8.95. The molecule has 5 nitrogen and oxygen atoms in total. The summed E-state index contributed by atoms with van der Waals surface area (Å²) in [6.45, 7) is 3.67. The molecular formula is C13H21N3O2S. The first-order valence-electron chi connectivity index (χ1n) is 6.49. The lowest BCUT2D eigenvalue weighted by molar-refractivity contribution is 0.488. The Balaban J connectivity index is 2.32. The van der Waals surface area contributed by atoms with E-state index in [1.54, 1.807) is 12.1 Å². The van der Waals surface area contributed by atoms with Gasteiger partial charge in [-0.15, -0.1) is 0 Å². The average Bonchev–Trinajstić information content (AvgIpc) is 2.88. The molecule has 1 aromatic carbocycles. The third-order valence-corrected chi connectivity index (χ3v) is 5.19. The van der Waals surface area contributed by atoms with Crippen LogP contribution in [0.2, 0.25) is 0 Å². The van der Waals surface area contributed by atoms with Gasteiger partial charge in [-0.05, 0) is 38.4 Å². The number of nitrogens with zero attached hydrogens (tertiary/aromatic N) is 1. The van der Waals surface area contributed by atoms with Crippen molar-refractivity contribution in [3.63, 3.8) is 0 Å². The highest BCUT2D eigenvalue weighted by molar-refractivity contribution is 7.89. The normalized spacial score (nSPS) is 21.6. The summed E-state index contributed by atoms with van der Waals surface area (Å²) in [6.07, 6.45) is 1.01. The second-order valence-electron chi connectivity index (χ2n) is 5.03. The summed E-state index contributed by atoms with van der Waals surface area (Å²) in [5.74, 6) is 0.422. The number of nitrogens with one attached hydrogen (secondary N) is 1. The van der Waals surface area contributed by atoms with Crippen LogP contribution in [0.5, 0.6) is 0 Å². The highest BCUT2D eigenvalue weighted by atomic mass is 32.2. The largest absolute Gasteiger partial charge is 0.370 e. The first-order valence-corrected chi connectivity index (χ1v) is 7.97. The van der Waals surface area contributed by atoms with Crippen molar-refractivity contribution in [3.8, 4) is 0 Å². The van der Waals surface area contributed by atoms with Gasteiger partial charge in [0, 0.05) is 19.1 Å². The Morgan fingerprint density at radius 1 is 1.42 bits per heavy atom. The molecule has 2 unspecified atom stereocenters. The van der Waals surface area contributed by atoms with Crippen LogP contribution in [0.15, 0.2) is 29.2 Å². The molecule has 0 aromatic heterocycles. The fourth-order valence-corrected chi connectivity index (χ4v) is 3.44. The maximum atomic E-state index is 12.0. The van der Waals surface area contributed by atoms with Crippen molar-refractivity contribution in [2.24, 2.45) is 11.7 Å². The second-order valence-corrected chi connectivity index (χ2v) is 6.88. The molecule has 0 aliphatic carbocycles. The SMILES string of the molecule is CNS(=O)(=O)c1ccccc1N1CCC(C(C)N)C1. The average molecular weight is 283 g/mol. The zero-order chi connectivity index (χ0) is 14.0. The third-order valence-electron chi connectivity index (χ3n) is 3.73. The number of rotatable bonds is 4. The summed E-state index contributed by atoms with van der Waals surface area (Å²) < 4.78 is 26.4. The topological polar surface area (TPSA) is 75.4 Å². The van der Waals surface area contributed by atoms with Gasteiger partial charge in [-0.25, -0.2) is 13.1 Å². The fraction of sp³-hybridized carbons (Fsp3) is 0.538. The highest BCUT2D eigenvalue weighted by Gasteiger charge is 2.28. The van der Waals surface area contributed by atoms with E-state index >= 15 is 0 Å². The molecule has 0 spiro atoms. The van der Waals surface area contributed by atoms with Crippen LogP contribution in [-0.2, 0) is 10.0 Å². The van der Waals surface area contributed by atoms with Gasteiger partial charge in [-0.3, -0.25) is 0 Å². The molecule has 0 amide bonds. The zero-order valence-corrected chi connectivity index (χ0v) is 12.2. The van der Waals surface area contributed by atoms with Gasteiger partial charge in [0.15, 0.2) is 0 Å². The molecule has 19 heavy (non-hydrogen) atoms. The van der Waals surface area contributed by atoms with Gasteiger partial charge in [0.05, 0.1) is 5.69 Å². The van der Waals surface area contributed by atoms with E-state index in [2.05, 4.69) is 9.62 Å². The number of para-hydroxylation sites is 1. The minimum absolute atomic E-state index is 0.137. The molecule has 1 heterocycles. The van der Waals surface area contributed by atoms with Crippen LogP contribution in [0, 0.1) is 5.92 Å². The Morgan fingerprint density at radius 3 is 2.68 bits per heavy atom. The van der Waals surface area contributed by atoms with E-state index in [1.165, 1.54) is 7.05 Å². The molecule has 1 saturated heterocycles. The molecule has 2 rings (SSSR count). The smallest absolute Gasteiger partial charge is 0.242 e. The summed E-state index contributed by atoms with van der Waals surface area (Å²) >= 11 is 0. The second kappa shape index (κ2) is 5.48. The molecule has 0 saturated carbocycles. The number of sulfonamides is 1. The third kappa shape index (κ3) is 2.91. The predicted molar refractivity (Wildman–Crippen MR) is 76.7 cm³/mol. The van der Waals surface area contributed by atoms with Crippen molar-refractivity contribution >= 4 is 15.7 Å². The van der Waals surface area contributed by atoms with Crippen LogP contribution >= 0.6 is 0 Å². The van der Waals surface area contributed by atoms with E-state index in [0.717, 1.165) is 25.2 Å². The summed E-state index contributed by atoms with van der Waals surface area (Å²) in [4.78, 5) is 2.45. The van der Waals surface area contributed by atoms with Gasteiger partial charge < -0.3 is 10.6 Å². The Kier molecular flexibility index (Phi) is 4.13. The van der Waals surface area contributed by atoms with Gasteiger partial charge in [-0.2, -0.15) is 0 Å². The van der Waals surface area contributed by atoms with Crippen LogP contribution in [0.1, 0.15) is 13.3 Å². The van der Waals surface area contributed by atoms with Gasteiger partial charge in [0.2, 0.25) is 10.0 Å². The van der Waals surface area contributed by atoms with E-state index in [1.807, 2.05) is 19.1 Å². The lowest BCUT2D eigenvalue weighted by atomic mass is 10.0. The number of hydrogen-bond donors (Lipinski definition) is 2. The summed E-state index contributed by atoms with van der Waals surface area (Å²) in [7, 11) is -2.00. The molecule has 3 N–H and O–H groups in total. The van der Waals surface area contributed by atoms with E-state index in [4.69, 9.17) is 5.73 Å². The lowest BCUT2D eigenvalue weighted by Crippen LogP contribution is -2.30. The van der Waals surface area contributed by atoms with Crippen molar-refractivity contribution < 1.29 is 8.42 Å². The Bertz CT molecular complexity index is 543. The van der Waals surface area contributed by atoms with Gasteiger partial charge >= 0.3 is 0 Å². The highest BCUT2D eigenvalue weighted by Crippen LogP contribution is 2.30. The maximum Gasteiger partial charge on any atom is 0.242 e. The van der Waals surface area contributed by atoms with Gasteiger partial charge in [-0.1, -0.05) is 12.1 Å². The van der Waals surface area contributed by atoms with Crippen molar-refractivity contribution in [1.29, 1.82) is 0 Å².